The van der Waals surface area contributed by atoms with Gasteiger partial charge in [0, 0.05) is 29.9 Å². The lowest BCUT2D eigenvalue weighted by Crippen LogP contribution is -2.33. The van der Waals surface area contributed by atoms with Crippen molar-refractivity contribution in [3.8, 4) is 5.75 Å². The van der Waals surface area contributed by atoms with Crippen molar-refractivity contribution in [1.29, 1.82) is 0 Å². The number of H-pyrrole nitrogens is 1. The van der Waals surface area contributed by atoms with Crippen LogP contribution < -0.4 is 4.74 Å². The summed E-state index contributed by atoms with van der Waals surface area (Å²) < 4.78 is 6.90. The number of benzene rings is 3. The van der Waals surface area contributed by atoms with E-state index in [2.05, 4.69) is 60.2 Å². The van der Waals surface area contributed by atoms with Gasteiger partial charge in [0.2, 0.25) is 0 Å². The molecule has 0 saturated carbocycles. The first kappa shape index (κ1) is 22.1. The van der Waals surface area contributed by atoms with Crippen molar-refractivity contribution in [3.63, 3.8) is 0 Å². The van der Waals surface area contributed by atoms with Gasteiger partial charge in [0.25, 0.3) is 0 Å². The molecule has 1 heterocycles. The van der Waals surface area contributed by atoms with Crippen LogP contribution in [0.5, 0.6) is 5.75 Å². The smallest absolute Gasteiger partial charge is 0.188 e. The summed E-state index contributed by atoms with van der Waals surface area (Å²) in [5, 5.41) is 0. The highest BCUT2D eigenvalue weighted by Gasteiger charge is 2.35. The van der Waals surface area contributed by atoms with Crippen LogP contribution >= 0.6 is 0 Å². The van der Waals surface area contributed by atoms with E-state index in [0.29, 0.717) is 12.3 Å². The fourth-order valence-electron chi connectivity index (χ4n) is 5.05. The Hall–Kier alpha value is -3.66. The monoisotopic (exact) mass is 450 g/mol. The molecule has 1 unspecified atom stereocenters. The van der Waals surface area contributed by atoms with Gasteiger partial charge in [-0.3, -0.25) is 4.79 Å². The Morgan fingerprint density at radius 1 is 1.00 bits per heavy atom. The van der Waals surface area contributed by atoms with E-state index in [1.165, 1.54) is 5.56 Å². The molecule has 1 N–H and O–H groups in total. The molecule has 1 aliphatic carbocycles. The fraction of sp³-hybridized carbons (Fsp3) is 0.267. The molecule has 0 fully saturated rings. The molecule has 1 aliphatic rings. The van der Waals surface area contributed by atoms with E-state index in [9.17, 15) is 4.79 Å². The Kier molecular flexibility index (Phi) is 6.06. The van der Waals surface area contributed by atoms with Crippen molar-refractivity contribution in [1.82, 2.24) is 9.97 Å². The van der Waals surface area contributed by atoms with Crippen molar-refractivity contribution in [3.05, 3.63) is 119 Å². The second-order valence-corrected chi connectivity index (χ2v) is 9.30. The van der Waals surface area contributed by atoms with Crippen LogP contribution in [0.25, 0.3) is 0 Å². The first-order valence-corrected chi connectivity index (χ1v) is 12.0. The van der Waals surface area contributed by atoms with Crippen LogP contribution in [0.2, 0.25) is 0 Å². The number of ether oxygens (including phenoxy) is 1. The van der Waals surface area contributed by atoms with E-state index in [-0.39, 0.29) is 5.78 Å². The summed E-state index contributed by atoms with van der Waals surface area (Å²) in [5.41, 5.74) is 4.63. The molecule has 0 radical (unpaired) electrons. The molecule has 5 rings (SSSR count). The summed E-state index contributed by atoms with van der Waals surface area (Å²) in [4.78, 5) is 20.6. The van der Waals surface area contributed by atoms with Gasteiger partial charge in [-0.05, 0) is 60.9 Å². The molecule has 172 valence electrons. The number of hydrogen-bond acceptors (Lipinski definition) is 3. The largest absolute Gasteiger partial charge is 0.475 e. The van der Waals surface area contributed by atoms with Crippen LogP contribution in [-0.2, 0) is 18.4 Å². The van der Waals surface area contributed by atoms with Crippen LogP contribution in [0, 0.1) is 0 Å². The van der Waals surface area contributed by atoms with Crippen molar-refractivity contribution in [2.75, 3.05) is 0 Å². The molecule has 4 heteroatoms. The Labute approximate surface area is 201 Å². The van der Waals surface area contributed by atoms with Crippen LogP contribution in [0.15, 0.2) is 85.2 Å². The van der Waals surface area contributed by atoms with Crippen LogP contribution in [-0.4, -0.2) is 15.8 Å². The minimum Gasteiger partial charge on any atom is -0.475 e. The summed E-state index contributed by atoms with van der Waals surface area (Å²) in [7, 11) is 0. The summed E-state index contributed by atoms with van der Waals surface area (Å²) in [6, 6.07) is 24.7. The highest BCUT2D eigenvalue weighted by molar-refractivity contribution is 5.99. The predicted octanol–water partition coefficient (Wildman–Crippen LogP) is 6.62. The molecule has 4 aromatic rings. The summed E-state index contributed by atoms with van der Waals surface area (Å²) in [6.07, 6.45) is 6.79. The summed E-state index contributed by atoms with van der Waals surface area (Å²) >= 11 is 0. The fourth-order valence-corrected chi connectivity index (χ4v) is 5.05. The van der Waals surface area contributed by atoms with Crippen LogP contribution in [0.1, 0.15) is 71.0 Å². The Bertz CT molecular complexity index is 1270. The number of Topliss-reactive ketones (excluding diaryl/α,β-unsaturated/α-hetero) is 1. The van der Waals surface area contributed by atoms with Gasteiger partial charge in [-0.15, -0.1) is 0 Å². The van der Waals surface area contributed by atoms with Gasteiger partial charge in [-0.25, -0.2) is 4.98 Å². The number of aromatic nitrogens is 2. The van der Waals surface area contributed by atoms with E-state index in [4.69, 9.17) is 4.74 Å². The lowest BCUT2D eigenvalue weighted by molar-refractivity contribution is 0.0971. The molecular weight excluding hydrogens is 420 g/mol. The van der Waals surface area contributed by atoms with Gasteiger partial charge in [0.1, 0.15) is 5.75 Å². The Morgan fingerprint density at radius 3 is 2.44 bits per heavy atom. The van der Waals surface area contributed by atoms with Crippen molar-refractivity contribution >= 4 is 5.78 Å². The maximum atomic E-state index is 12.7. The van der Waals surface area contributed by atoms with E-state index in [0.717, 1.165) is 53.1 Å². The Balaban J connectivity index is 1.61. The number of ketones is 1. The van der Waals surface area contributed by atoms with Crippen molar-refractivity contribution < 1.29 is 9.53 Å². The SMILES string of the molecule is CC(Cc1c(O[C@@](C)(c2ccccc2)c2ncc[nH]2)ccc2c1CCCC2=O)c1ccccc1. The van der Waals surface area contributed by atoms with Crippen molar-refractivity contribution in [2.45, 2.75) is 51.0 Å². The lowest BCUT2D eigenvalue weighted by atomic mass is 9.82. The van der Waals surface area contributed by atoms with Crippen LogP contribution in [0.3, 0.4) is 0 Å². The van der Waals surface area contributed by atoms with E-state index in [1.54, 1.807) is 6.20 Å². The average Bonchev–Trinajstić information content (AvgIpc) is 3.42. The van der Waals surface area contributed by atoms with Crippen molar-refractivity contribution in [2.24, 2.45) is 0 Å². The maximum Gasteiger partial charge on any atom is 0.188 e. The highest BCUT2D eigenvalue weighted by atomic mass is 16.5. The molecule has 34 heavy (non-hydrogen) atoms. The molecule has 0 bridgehead atoms. The summed E-state index contributed by atoms with van der Waals surface area (Å²) in [6.45, 7) is 4.29. The maximum absolute atomic E-state index is 12.7. The number of carbonyl (C=O) groups excluding carboxylic acids is 1. The zero-order chi connectivity index (χ0) is 23.5. The predicted molar refractivity (Wildman–Crippen MR) is 134 cm³/mol. The second kappa shape index (κ2) is 9.30. The standard InChI is InChI=1S/C30H30N2O2/c1-21(22-10-5-3-6-11-22)20-26-24-14-9-15-27(33)25(24)16-17-28(26)34-30(2,29-31-18-19-32-29)23-12-7-4-8-13-23/h3-8,10-13,16-19,21H,9,14-15,20H2,1-2H3,(H,31,32)/t21?,30-/m0/s1. The first-order valence-electron chi connectivity index (χ1n) is 12.0. The lowest BCUT2D eigenvalue weighted by Gasteiger charge is -2.32. The third kappa shape index (κ3) is 4.16. The molecule has 2 atom stereocenters. The molecule has 0 spiro atoms. The normalized spacial score (nSPS) is 15.9. The number of imidazole rings is 1. The molecule has 3 aromatic carbocycles. The number of rotatable bonds is 7. The topological polar surface area (TPSA) is 55.0 Å². The molecule has 1 aromatic heterocycles. The number of fused-ring (bicyclic) bond motifs is 1. The number of carbonyl (C=O) groups is 1. The highest BCUT2D eigenvalue weighted by Crippen LogP contribution is 2.40. The first-order chi connectivity index (χ1) is 16.6. The van der Waals surface area contributed by atoms with Gasteiger partial charge in [0.05, 0.1) is 0 Å². The summed E-state index contributed by atoms with van der Waals surface area (Å²) in [5.74, 6) is 2.09. The Morgan fingerprint density at radius 2 is 1.74 bits per heavy atom. The third-order valence-electron chi connectivity index (χ3n) is 6.99. The number of nitrogens with zero attached hydrogens (tertiary/aromatic N) is 1. The van der Waals surface area contributed by atoms with Gasteiger partial charge in [-0.1, -0.05) is 67.6 Å². The zero-order valence-corrected chi connectivity index (χ0v) is 19.8. The molecule has 0 amide bonds. The third-order valence-corrected chi connectivity index (χ3v) is 6.99. The van der Waals surface area contributed by atoms with E-state index >= 15 is 0 Å². The van der Waals surface area contributed by atoms with Crippen LogP contribution in [0.4, 0.5) is 0 Å². The van der Waals surface area contributed by atoms with Gasteiger partial charge in [0.15, 0.2) is 17.2 Å². The zero-order valence-electron chi connectivity index (χ0n) is 19.8. The molecule has 0 saturated heterocycles. The van der Waals surface area contributed by atoms with Gasteiger partial charge < -0.3 is 9.72 Å². The minimum atomic E-state index is -0.803. The minimum absolute atomic E-state index is 0.235. The number of hydrogen-bond donors (Lipinski definition) is 1. The number of aromatic amines is 1. The molecule has 0 aliphatic heterocycles. The number of nitrogens with one attached hydrogen (secondary N) is 1. The molecule has 4 nitrogen and oxygen atoms in total. The quantitative estimate of drug-likeness (QED) is 0.344. The molecular formula is C30H30N2O2. The van der Waals surface area contributed by atoms with E-state index in [1.807, 2.05) is 42.6 Å². The van der Waals surface area contributed by atoms with Gasteiger partial charge in [-0.2, -0.15) is 0 Å². The van der Waals surface area contributed by atoms with E-state index < -0.39 is 5.60 Å². The average molecular weight is 451 g/mol. The van der Waals surface area contributed by atoms with Gasteiger partial charge >= 0.3 is 0 Å². The second-order valence-electron chi connectivity index (χ2n) is 9.30.